The summed E-state index contributed by atoms with van der Waals surface area (Å²) in [6.45, 7) is 0.540. The maximum absolute atomic E-state index is 12.9. The van der Waals surface area contributed by atoms with Crippen LogP contribution in [0.2, 0.25) is 0 Å². The molecular weight excluding hydrogens is 277 g/mol. The van der Waals surface area contributed by atoms with E-state index < -0.39 is 23.9 Å². The van der Waals surface area contributed by atoms with E-state index in [9.17, 15) is 14.0 Å². The van der Waals surface area contributed by atoms with Gasteiger partial charge in [-0.1, -0.05) is 12.1 Å². The van der Waals surface area contributed by atoms with Crippen molar-refractivity contribution in [2.45, 2.75) is 37.8 Å². The van der Waals surface area contributed by atoms with E-state index in [0.29, 0.717) is 18.6 Å². The van der Waals surface area contributed by atoms with Gasteiger partial charge in [0.1, 0.15) is 11.9 Å². The molecule has 2 rings (SSSR count). The molecule has 1 aliphatic heterocycles. The lowest BCUT2D eigenvalue weighted by Gasteiger charge is -2.25. The zero-order chi connectivity index (χ0) is 15.2. The highest BCUT2D eigenvalue weighted by molar-refractivity contribution is 5.82. The molecule has 1 aliphatic rings. The van der Waals surface area contributed by atoms with Gasteiger partial charge in [-0.05, 0) is 37.0 Å². The summed E-state index contributed by atoms with van der Waals surface area (Å²) in [5.74, 6) is -1.76. The van der Waals surface area contributed by atoms with Crippen molar-refractivity contribution in [1.82, 2.24) is 5.32 Å². The minimum absolute atomic E-state index is 0.260. The molecule has 0 bridgehead atoms. The molecule has 5 nitrogen and oxygen atoms in total. The van der Waals surface area contributed by atoms with Crippen molar-refractivity contribution < 1.29 is 23.8 Å². The number of nitrogens with one attached hydrogen (secondary N) is 1. The SMILES string of the molecule is O=C(O)CC(NC(=O)C1CCCCO1)c1ccc(F)cc1. The number of hydrogen-bond acceptors (Lipinski definition) is 3. The molecule has 0 aliphatic carbocycles. The molecule has 6 heteroatoms. The molecule has 0 saturated carbocycles. The smallest absolute Gasteiger partial charge is 0.305 e. The van der Waals surface area contributed by atoms with Gasteiger partial charge in [-0.15, -0.1) is 0 Å². The van der Waals surface area contributed by atoms with Crippen molar-refractivity contribution in [3.8, 4) is 0 Å². The molecule has 1 heterocycles. The third-order valence-electron chi connectivity index (χ3n) is 3.44. The van der Waals surface area contributed by atoms with Crippen LogP contribution in [-0.2, 0) is 14.3 Å². The third-order valence-corrected chi connectivity index (χ3v) is 3.44. The van der Waals surface area contributed by atoms with Crippen LogP contribution in [0.3, 0.4) is 0 Å². The molecule has 0 radical (unpaired) electrons. The topological polar surface area (TPSA) is 75.6 Å². The number of halogens is 1. The second-order valence-electron chi connectivity index (χ2n) is 5.07. The predicted octanol–water partition coefficient (Wildman–Crippen LogP) is 2.03. The van der Waals surface area contributed by atoms with E-state index in [0.717, 1.165) is 12.8 Å². The number of hydrogen-bond donors (Lipinski definition) is 2. The normalized spacial score (nSPS) is 19.8. The van der Waals surface area contributed by atoms with Crippen molar-refractivity contribution in [2.75, 3.05) is 6.61 Å². The Labute approximate surface area is 122 Å². The van der Waals surface area contributed by atoms with Crippen molar-refractivity contribution >= 4 is 11.9 Å². The highest BCUT2D eigenvalue weighted by Gasteiger charge is 2.26. The van der Waals surface area contributed by atoms with Gasteiger partial charge < -0.3 is 15.2 Å². The van der Waals surface area contributed by atoms with Gasteiger partial charge in [0, 0.05) is 6.61 Å². The lowest BCUT2D eigenvalue weighted by atomic mass is 10.0. The molecule has 114 valence electrons. The first-order valence-corrected chi connectivity index (χ1v) is 6.95. The second kappa shape index (κ2) is 7.17. The highest BCUT2D eigenvalue weighted by atomic mass is 19.1. The Morgan fingerprint density at radius 2 is 2.05 bits per heavy atom. The summed E-state index contributed by atoms with van der Waals surface area (Å²) in [4.78, 5) is 23.1. The number of rotatable bonds is 5. The van der Waals surface area contributed by atoms with Gasteiger partial charge in [0.05, 0.1) is 12.5 Å². The van der Waals surface area contributed by atoms with Crippen LogP contribution in [0, 0.1) is 5.82 Å². The van der Waals surface area contributed by atoms with Gasteiger partial charge in [0.15, 0.2) is 0 Å². The largest absolute Gasteiger partial charge is 0.481 e. The third kappa shape index (κ3) is 4.53. The molecule has 0 aromatic heterocycles. The molecular formula is C15H18FNO4. The number of carboxylic acid groups (broad SMARTS) is 1. The summed E-state index contributed by atoms with van der Waals surface area (Å²) in [5, 5.41) is 11.7. The van der Waals surface area contributed by atoms with E-state index in [-0.39, 0.29) is 12.3 Å². The van der Waals surface area contributed by atoms with Crippen LogP contribution in [0.1, 0.15) is 37.3 Å². The Balaban J connectivity index is 2.06. The Hall–Kier alpha value is -1.95. The van der Waals surface area contributed by atoms with Crippen molar-refractivity contribution in [1.29, 1.82) is 0 Å². The lowest BCUT2D eigenvalue weighted by Crippen LogP contribution is -2.40. The summed E-state index contributed by atoms with van der Waals surface area (Å²) >= 11 is 0. The van der Waals surface area contributed by atoms with E-state index in [4.69, 9.17) is 9.84 Å². The van der Waals surface area contributed by atoms with Gasteiger partial charge in [0.25, 0.3) is 0 Å². The molecule has 1 aromatic carbocycles. The summed E-state index contributed by atoms with van der Waals surface area (Å²) in [7, 11) is 0. The Bertz CT molecular complexity index is 497. The Morgan fingerprint density at radius 1 is 1.33 bits per heavy atom. The van der Waals surface area contributed by atoms with Gasteiger partial charge in [-0.2, -0.15) is 0 Å². The van der Waals surface area contributed by atoms with Crippen LogP contribution >= 0.6 is 0 Å². The quantitative estimate of drug-likeness (QED) is 0.871. The lowest BCUT2D eigenvalue weighted by molar-refractivity contribution is -0.139. The minimum atomic E-state index is -1.03. The van der Waals surface area contributed by atoms with Crippen LogP contribution in [-0.4, -0.2) is 29.7 Å². The first kappa shape index (κ1) is 15.4. The first-order chi connectivity index (χ1) is 10.1. The van der Waals surface area contributed by atoms with Crippen molar-refractivity contribution in [2.24, 2.45) is 0 Å². The number of benzene rings is 1. The number of amides is 1. The molecule has 0 spiro atoms. The monoisotopic (exact) mass is 295 g/mol. The molecule has 2 unspecified atom stereocenters. The first-order valence-electron chi connectivity index (χ1n) is 6.95. The molecule has 2 N–H and O–H groups in total. The zero-order valence-electron chi connectivity index (χ0n) is 11.5. The maximum atomic E-state index is 12.9. The number of aliphatic carboxylic acids is 1. The van der Waals surface area contributed by atoms with Crippen LogP contribution < -0.4 is 5.32 Å². The number of ether oxygens (including phenoxy) is 1. The summed E-state index contributed by atoms with van der Waals surface area (Å²) < 4.78 is 18.3. The Kier molecular flexibility index (Phi) is 5.27. The van der Waals surface area contributed by atoms with E-state index in [1.807, 2.05) is 0 Å². The van der Waals surface area contributed by atoms with E-state index in [1.165, 1.54) is 24.3 Å². The number of carboxylic acids is 1. The van der Waals surface area contributed by atoms with Crippen molar-refractivity contribution in [3.63, 3.8) is 0 Å². The number of carbonyl (C=O) groups excluding carboxylic acids is 1. The average molecular weight is 295 g/mol. The van der Waals surface area contributed by atoms with Gasteiger partial charge >= 0.3 is 5.97 Å². The van der Waals surface area contributed by atoms with Crippen LogP contribution in [0.4, 0.5) is 4.39 Å². The standard InChI is InChI=1S/C15H18FNO4/c16-11-6-4-10(5-7-11)12(9-14(18)19)17-15(20)13-3-1-2-8-21-13/h4-7,12-13H,1-3,8-9H2,(H,17,20)(H,18,19). The Morgan fingerprint density at radius 3 is 2.62 bits per heavy atom. The molecule has 1 aromatic rings. The molecule has 21 heavy (non-hydrogen) atoms. The van der Waals surface area contributed by atoms with Crippen molar-refractivity contribution in [3.05, 3.63) is 35.6 Å². The maximum Gasteiger partial charge on any atom is 0.305 e. The van der Waals surface area contributed by atoms with Crippen LogP contribution in [0.25, 0.3) is 0 Å². The summed E-state index contributed by atoms with van der Waals surface area (Å²) in [5.41, 5.74) is 0.558. The zero-order valence-corrected chi connectivity index (χ0v) is 11.5. The predicted molar refractivity (Wildman–Crippen MR) is 73.1 cm³/mol. The van der Waals surface area contributed by atoms with Crippen LogP contribution in [0.15, 0.2) is 24.3 Å². The molecule has 1 saturated heterocycles. The highest BCUT2D eigenvalue weighted by Crippen LogP contribution is 2.19. The molecule has 1 fully saturated rings. The molecule has 2 atom stereocenters. The fraction of sp³-hybridized carbons (Fsp3) is 0.467. The fourth-order valence-corrected chi connectivity index (χ4v) is 2.33. The molecule has 1 amide bonds. The van der Waals surface area contributed by atoms with Crippen LogP contribution in [0.5, 0.6) is 0 Å². The van der Waals surface area contributed by atoms with Gasteiger partial charge in [-0.25, -0.2) is 4.39 Å². The summed E-state index contributed by atoms with van der Waals surface area (Å²) in [6.07, 6.45) is 1.69. The number of carbonyl (C=O) groups is 2. The fourth-order valence-electron chi connectivity index (χ4n) is 2.33. The summed E-state index contributed by atoms with van der Waals surface area (Å²) in [6, 6.07) is 4.75. The average Bonchev–Trinajstić information content (AvgIpc) is 2.48. The van der Waals surface area contributed by atoms with Gasteiger partial charge in [0.2, 0.25) is 5.91 Å². The second-order valence-corrected chi connectivity index (χ2v) is 5.07. The minimum Gasteiger partial charge on any atom is -0.481 e. The van der Waals surface area contributed by atoms with E-state index >= 15 is 0 Å². The van der Waals surface area contributed by atoms with E-state index in [1.54, 1.807) is 0 Å². The van der Waals surface area contributed by atoms with Gasteiger partial charge in [-0.3, -0.25) is 9.59 Å². The van der Waals surface area contributed by atoms with E-state index in [2.05, 4.69) is 5.32 Å².